The van der Waals surface area contributed by atoms with Gasteiger partial charge in [-0.05, 0) is 36.5 Å². The van der Waals surface area contributed by atoms with Crippen molar-refractivity contribution in [3.8, 4) is 0 Å². The van der Waals surface area contributed by atoms with E-state index < -0.39 is 0 Å². The lowest BCUT2D eigenvalue weighted by molar-refractivity contribution is 0.0786. The van der Waals surface area contributed by atoms with E-state index in [2.05, 4.69) is 6.92 Å². The minimum atomic E-state index is 0.164. The summed E-state index contributed by atoms with van der Waals surface area (Å²) >= 11 is 0. The predicted molar refractivity (Wildman–Crippen MR) is 73.3 cm³/mol. The lowest BCUT2D eigenvalue weighted by atomic mass is 10.0. The van der Waals surface area contributed by atoms with E-state index >= 15 is 0 Å². The standard InChI is InChI=1S/C15H22N2O/c1-2-3-13-8-9-17(11-13)15(18)14-6-4-12(10-16)5-7-14/h4-7,13H,2-3,8-11,16H2,1H3. The summed E-state index contributed by atoms with van der Waals surface area (Å²) in [7, 11) is 0. The molecule has 1 aliphatic heterocycles. The highest BCUT2D eigenvalue weighted by Gasteiger charge is 2.26. The maximum absolute atomic E-state index is 12.3. The lowest BCUT2D eigenvalue weighted by Gasteiger charge is -2.16. The summed E-state index contributed by atoms with van der Waals surface area (Å²) in [5.41, 5.74) is 7.40. The van der Waals surface area contributed by atoms with Gasteiger partial charge in [0.2, 0.25) is 0 Å². The SMILES string of the molecule is CCCC1CCN(C(=O)c2ccc(CN)cc2)C1. The molecule has 1 heterocycles. The maximum Gasteiger partial charge on any atom is 0.253 e. The molecule has 2 rings (SSSR count). The smallest absolute Gasteiger partial charge is 0.253 e. The van der Waals surface area contributed by atoms with Crippen LogP contribution >= 0.6 is 0 Å². The number of rotatable bonds is 4. The molecule has 0 saturated carbocycles. The van der Waals surface area contributed by atoms with Gasteiger partial charge in [-0.25, -0.2) is 0 Å². The van der Waals surface area contributed by atoms with Crippen LogP contribution in [0.1, 0.15) is 42.1 Å². The Morgan fingerprint density at radius 3 is 2.72 bits per heavy atom. The van der Waals surface area contributed by atoms with Gasteiger partial charge in [-0.2, -0.15) is 0 Å². The summed E-state index contributed by atoms with van der Waals surface area (Å²) in [4.78, 5) is 14.3. The van der Waals surface area contributed by atoms with Crippen molar-refractivity contribution in [2.75, 3.05) is 13.1 Å². The van der Waals surface area contributed by atoms with Crippen LogP contribution in [0.2, 0.25) is 0 Å². The average Bonchev–Trinajstić information content (AvgIpc) is 2.87. The Hall–Kier alpha value is -1.35. The zero-order valence-electron chi connectivity index (χ0n) is 11.1. The van der Waals surface area contributed by atoms with E-state index in [1.807, 2.05) is 29.2 Å². The molecule has 2 N–H and O–H groups in total. The van der Waals surface area contributed by atoms with Gasteiger partial charge in [-0.1, -0.05) is 25.5 Å². The lowest BCUT2D eigenvalue weighted by Crippen LogP contribution is -2.28. The number of carbonyl (C=O) groups excluding carboxylic acids is 1. The Morgan fingerprint density at radius 1 is 1.39 bits per heavy atom. The fourth-order valence-corrected chi connectivity index (χ4v) is 2.63. The maximum atomic E-state index is 12.3. The van der Waals surface area contributed by atoms with Gasteiger partial charge < -0.3 is 10.6 Å². The second-order valence-corrected chi connectivity index (χ2v) is 5.10. The van der Waals surface area contributed by atoms with Crippen LogP contribution in [0, 0.1) is 5.92 Å². The van der Waals surface area contributed by atoms with Gasteiger partial charge in [-0.3, -0.25) is 4.79 Å². The fourth-order valence-electron chi connectivity index (χ4n) is 2.63. The van der Waals surface area contributed by atoms with Crippen LogP contribution in [0.5, 0.6) is 0 Å². The van der Waals surface area contributed by atoms with Crippen LogP contribution in [-0.2, 0) is 6.54 Å². The monoisotopic (exact) mass is 246 g/mol. The topological polar surface area (TPSA) is 46.3 Å². The van der Waals surface area contributed by atoms with Crippen molar-refractivity contribution in [2.24, 2.45) is 11.7 Å². The summed E-state index contributed by atoms with van der Waals surface area (Å²) in [6.45, 7) is 4.56. The highest BCUT2D eigenvalue weighted by molar-refractivity contribution is 5.94. The van der Waals surface area contributed by atoms with E-state index in [4.69, 9.17) is 5.73 Å². The molecule has 1 fully saturated rings. The van der Waals surface area contributed by atoms with Gasteiger partial charge in [0.1, 0.15) is 0 Å². The molecule has 0 bridgehead atoms. The molecular formula is C15H22N2O. The Labute approximate surface area is 109 Å². The van der Waals surface area contributed by atoms with Crippen LogP contribution < -0.4 is 5.73 Å². The minimum absolute atomic E-state index is 0.164. The number of hydrogen-bond acceptors (Lipinski definition) is 2. The van der Waals surface area contributed by atoms with Crippen LogP contribution in [0.3, 0.4) is 0 Å². The number of nitrogens with zero attached hydrogens (tertiary/aromatic N) is 1. The van der Waals surface area contributed by atoms with E-state index in [0.29, 0.717) is 12.5 Å². The van der Waals surface area contributed by atoms with E-state index in [9.17, 15) is 4.79 Å². The van der Waals surface area contributed by atoms with Gasteiger partial charge in [0, 0.05) is 25.2 Å². The number of benzene rings is 1. The quantitative estimate of drug-likeness (QED) is 0.886. The molecule has 18 heavy (non-hydrogen) atoms. The molecule has 1 amide bonds. The Balaban J connectivity index is 1.98. The number of likely N-dealkylation sites (tertiary alicyclic amines) is 1. The van der Waals surface area contributed by atoms with Gasteiger partial charge in [-0.15, -0.1) is 0 Å². The van der Waals surface area contributed by atoms with Crippen LogP contribution in [0.15, 0.2) is 24.3 Å². The largest absolute Gasteiger partial charge is 0.338 e. The number of carbonyl (C=O) groups is 1. The third kappa shape index (κ3) is 2.91. The summed E-state index contributed by atoms with van der Waals surface area (Å²) in [6.07, 6.45) is 3.59. The molecule has 3 heteroatoms. The summed E-state index contributed by atoms with van der Waals surface area (Å²) in [5, 5.41) is 0. The molecule has 0 spiro atoms. The van der Waals surface area contributed by atoms with Crippen molar-refractivity contribution in [1.29, 1.82) is 0 Å². The van der Waals surface area contributed by atoms with Crippen molar-refractivity contribution in [2.45, 2.75) is 32.7 Å². The van der Waals surface area contributed by atoms with Crippen molar-refractivity contribution in [3.05, 3.63) is 35.4 Å². The van der Waals surface area contributed by atoms with E-state index in [1.54, 1.807) is 0 Å². The minimum Gasteiger partial charge on any atom is -0.338 e. The number of amides is 1. The fraction of sp³-hybridized carbons (Fsp3) is 0.533. The van der Waals surface area contributed by atoms with Crippen LogP contribution in [0.4, 0.5) is 0 Å². The number of hydrogen-bond donors (Lipinski definition) is 1. The molecule has 1 aromatic rings. The number of nitrogens with two attached hydrogens (primary N) is 1. The van der Waals surface area contributed by atoms with Crippen molar-refractivity contribution >= 4 is 5.91 Å². The second kappa shape index (κ2) is 6.01. The molecule has 1 aliphatic rings. The molecule has 1 atom stereocenters. The second-order valence-electron chi connectivity index (χ2n) is 5.10. The molecule has 0 aromatic heterocycles. The summed E-state index contributed by atoms with van der Waals surface area (Å²) < 4.78 is 0. The first-order valence-electron chi connectivity index (χ1n) is 6.83. The Kier molecular flexibility index (Phi) is 4.37. The summed E-state index contributed by atoms with van der Waals surface area (Å²) in [5.74, 6) is 0.861. The zero-order valence-corrected chi connectivity index (χ0v) is 11.1. The highest BCUT2D eigenvalue weighted by Crippen LogP contribution is 2.22. The molecule has 1 aromatic carbocycles. The molecule has 1 saturated heterocycles. The van der Waals surface area contributed by atoms with Gasteiger partial charge in [0.25, 0.3) is 5.91 Å². The average molecular weight is 246 g/mol. The van der Waals surface area contributed by atoms with Crippen molar-refractivity contribution < 1.29 is 4.79 Å². The molecule has 3 nitrogen and oxygen atoms in total. The molecular weight excluding hydrogens is 224 g/mol. The van der Waals surface area contributed by atoms with Crippen molar-refractivity contribution in [3.63, 3.8) is 0 Å². The van der Waals surface area contributed by atoms with E-state index in [1.165, 1.54) is 12.8 Å². The predicted octanol–water partition coefficient (Wildman–Crippen LogP) is 2.41. The molecule has 98 valence electrons. The third-order valence-corrected chi connectivity index (χ3v) is 3.71. The molecule has 0 radical (unpaired) electrons. The zero-order chi connectivity index (χ0) is 13.0. The molecule has 0 aliphatic carbocycles. The Bertz CT molecular complexity index is 399. The third-order valence-electron chi connectivity index (χ3n) is 3.71. The van der Waals surface area contributed by atoms with Gasteiger partial charge in [0.05, 0.1) is 0 Å². The Morgan fingerprint density at radius 2 is 2.11 bits per heavy atom. The van der Waals surface area contributed by atoms with Crippen LogP contribution in [-0.4, -0.2) is 23.9 Å². The molecule has 1 unspecified atom stereocenters. The first-order chi connectivity index (χ1) is 8.74. The highest BCUT2D eigenvalue weighted by atomic mass is 16.2. The first kappa shape index (κ1) is 13.1. The normalized spacial score (nSPS) is 19.2. The van der Waals surface area contributed by atoms with E-state index in [0.717, 1.165) is 30.6 Å². The van der Waals surface area contributed by atoms with Gasteiger partial charge >= 0.3 is 0 Å². The summed E-state index contributed by atoms with van der Waals surface area (Å²) in [6, 6.07) is 7.65. The van der Waals surface area contributed by atoms with Gasteiger partial charge in [0.15, 0.2) is 0 Å². The van der Waals surface area contributed by atoms with E-state index in [-0.39, 0.29) is 5.91 Å². The first-order valence-corrected chi connectivity index (χ1v) is 6.83. The van der Waals surface area contributed by atoms with Crippen LogP contribution in [0.25, 0.3) is 0 Å². The van der Waals surface area contributed by atoms with Crippen molar-refractivity contribution in [1.82, 2.24) is 4.90 Å².